The summed E-state index contributed by atoms with van der Waals surface area (Å²) in [6, 6.07) is 14.4. The maximum Gasteiger partial charge on any atom is 0.251 e. The maximum absolute atomic E-state index is 12.8. The molecule has 4 rings (SSSR count). The number of aromatic nitrogens is 2. The van der Waals surface area contributed by atoms with E-state index in [9.17, 15) is 9.59 Å². The summed E-state index contributed by atoms with van der Waals surface area (Å²) in [7, 11) is 0. The van der Waals surface area contributed by atoms with Gasteiger partial charge in [0.2, 0.25) is 5.91 Å². The van der Waals surface area contributed by atoms with Crippen molar-refractivity contribution < 1.29 is 14.3 Å². The Bertz CT molecular complexity index is 962. The quantitative estimate of drug-likeness (QED) is 0.719. The molecule has 1 aliphatic heterocycles. The van der Waals surface area contributed by atoms with Crippen LogP contribution in [0.2, 0.25) is 0 Å². The van der Waals surface area contributed by atoms with Crippen LogP contribution in [0.3, 0.4) is 0 Å². The Hall–Kier alpha value is -3.10. The summed E-state index contributed by atoms with van der Waals surface area (Å²) >= 11 is 1.32. The van der Waals surface area contributed by atoms with Crippen molar-refractivity contribution >= 4 is 28.3 Å². The van der Waals surface area contributed by atoms with Crippen LogP contribution >= 0.6 is 11.3 Å². The Morgan fingerprint density at radius 3 is 2.79 bits per heavy atom. The van der Waals surface area contributed by atoms with Crippen molar-refractivity contribution in [1.29, 1.82) is 0 Å². The average molecular weight is 394 g/mol. The molecule has 0 radical (unpaired) electrons. The molecule has 1 atom stereocenters. The Morgan fingerprint density at radius 2 is 2.00 bits per heavy atom. The zero-order chi connectivity index (χ0) is 19.3. The van der Waals surface area contributed by atoms with Crippen molar-refractivity contribution in [2.24, 2.45) is 0 Å². The van der Waals surface area contributed by atoms with Crippen molar-refractivity contribution in [2.75, 3.05) is 18.5 Å². The second-order valence-corrected chi connectivity index (χ2v) is 7.14. The Morgan fingerprint density at radius 1 is 1.18 bits per heavy atom. The molecule has 0 aliphatic carbocycles. The lowest BCUT2D eigenvalue weighted by molar-refractivity contribution is -0.154. The molecule has 1 saturated heterocycles. The number of ether oxygens (including phenoxy) is 1. The van der Waals surface area contributed by atoms with Crippen LogP contribution in [0.15, 0.2) is 60.1 Å². The Balaban J connectivity index is 1.48. The molecule has 1 aromatic carbocycles. The molecule has 0 bridgehead atoms. The lowest BCUT2D eigenvalue weighted by Gasteiger charge is -2.34. The van der Waals surface area contributed by atoms with Gasteiger partial charge in [-0.3, -0.25) is 14.6 Å². The number of nitrogens with zero attached hydrogens (tertiary/aromatic N) is 3. The van der Waals surface area contributed by atoms with E-state index in [1.54, 1.807) is 11.1 Å². The van der Waals surface area contributed by atoms with E-state index in [1.165, 1.54) is 11.3 Å². The smallest absolute Gasteiger partial charge is 0.251 e. The number of rotatable bonds is 5. The fraction of sp³-hybridized carbons (Fsp3) is 0.200. The molecule has 2 amide bonds. The summed E-state index contributed by atoms with van der Waals surface area (Å²) in [5.74, 6) is -0.519. The molecule has 28 heavy (non-hydrogen) atoms. The van der Waals surface area contributed by atoms with Gasteiger partial charge in [-0.15, -0.1) is 11.3 Å². The zero-order valence-electron chi connectivity index (χ0n) is 14.9. The minimum Gasteiger partial charge on any atom is -0.369 e. The number of amides is 2. The number of morpholine rings is 1. The third-order valence-corrected chi connectivity index (χ3v) is 5.12. The molecule has 2 aromatic heterocycles. The number of hydrogen-bond acceptors (Lipinski definition) is 6. The van der Waals surface area contributed by atoms with Crippen molar-refractivity contribution in [2.45, 2.75) is 12.6 Å². The van der Waals surface area contributed by atoms with Gasteiger partial charge >= 0.3 is 0 Å². The minimum atomic E-state index is -0.705. The highest BCUT2D eigenvalue weighted by Gasteiger charge is 2.34. The van der Waals surface area contributed by atoms with Gasteiger partial charge in [0, 0.05) is 18.1 Å². The van der Waals surface area contributed by atoms with Crippen LogP contribution in [0.25, 0.3) is 11.4 Å². The number of carbonyl (C=O) groups is 2. The predicted molar refractivity (Wildman–Crippen MR) is 106 cm³/mol. The number of hydrogen-bond donors (Lipinski definition) is 1. The fourth-order valence-corrected chi connectivity index (χ4v) is 3.66. The summed E-state index contributed by atoms with van der Waals surface area (Å²) in [6.45, 7) is 0.499. The number of benzene rings is 1. The van der Waals surface area contributed by atoms with E-state index in [4.69, 9.17) is 4.74 Å². The fourth-order valence-electron chi connectivity index (χ4n) is 2.95. The largest absolute Gasteiger partial charge is 0.369 e. The summed E-state index contributed by atoms with van der Waals surface area (Å²) in [6.07, 6.45) is 1.69. The zero-order valence-corrected chi connectivity index (χ0v) is 15.8. The topological polar surface area (TPSA) is 84.4 Å². The van der Waals surface area contributed by atoms with Crippen LogP contribution in [0.4, 0.5) is 5.13 Å². The molecule has 1 aliphatic rings. The molecule has 3 heterocycles. The molecule has 1 N–H and O–H groups in total. The van der Waals surface area contributed by atoms with Crippen molar-refractivity contribution in [3.05, 3.63) is 65.7 Å². The van der Waals surface area contributed by atoms with Crippen LogP contribution in [0.5, 0.6) is 0 Å². The number of thiazole rings is 1. The van der Waals surface area contributed by atoms with Gasteiger partial charge in [0.25, 0.3) is 5.91 Å². The molecule has 142 valence electrons. The van der Waals surface area contributed by atoms with Gasteiger partial charge in [-0.05, 0) is 17.7 Å². The molecule has 1 unspecified atom stereocenters. The first-order valence-corrected chi connectivity index (χ1v) is 9.67. The highest BCUT2D eigenvalue weighted by atomic mass is 32.1. The van der Waals surface area contributed by atoms with Crippen LogP contribution in [-0.2, 0) is 20.9 Å². The molecule has 3 aromatic rings. The lowest BCUT2D eigenvalue weighted by Crippen LogP contribution is -2.54. The van der Waals surface area contributed by atoms with E-state index in [-0.39, 0.29) is 25.0 Å². The Kier molecular flexibility index (Phi) is 5.41. The standard InChI is InChI=1S/C20H18N4O3S/c25-18-12-27-11-17(24(18)10-14-6-2-1-3-7-14)19(26)23-20-22-16(13-28-20)15-8-4-5-9-21-15/h1-9,13,17H,10-12H2,(H,22,23,26). The van der Waals surface area contributed by atoms with Crippen LogP contribution < -0.4 is 5.32 Å². The van der Waals surface area contributed by atoms with Gasteiger partial charge in [-0.1, -0.05) is 36.4 Å². The monoisotopic (exact) mass is 394 g/mol. The third-order valence-electron chi connectivity index (χ3n) is 4.36. The summed E-state index contributed by atoms with van der Waals surface area (Å²) < 4.78 is 5.32. The van der Waals surface area contributed by atoms with Crippen LogP contribution in [0, 0.1) is 0 Å². The van der Waals surface area contributed by atoms with Crippen molar-refractivity contribution in [3.8, 4) is 11.4 Å². The second-order valence-electron chi connectivity index (χ2n) is 6.28. The normalized spacial score (nSPS) is 16.8. The molecule has 7 nitrogen and oxygen atoms in total. The summed E-state index contributed by atoms with van der Waals surface area (Å²) in [4.78, 5) is 35.4. The van der Waals surface area contributed by atoms with E-state index in [1.807, 2.05) is 53.9 Å². The molecule has 1 fully saturated rings. The van der Waals surface area contributed by atoms with E-state index in [2.05, 4.69) is 15.3 Å². The van der Waals surface area contributed by atoms with E-state index in [0.717, 1.165) is 11.3 Å². The highest BCUT2D eigenvalue weighted by molar-refractivity contribution is 7.14. The predicted octanol–water partition coefficient (Wildman–Crippen LogP) is 2.57. The lowest BCUT2D eigenvalue weighted by atomic mass is 10.1. The van der Waals surface area contributed by atoms with Gasteiger partial charge in [0.15, 0.2) is 5.13 Å². The van der Waals surface area contributed by atoms with Crippen molar-refractivity contribution in [1.82, 2.24) is 14.9 Å². The number of nitrogens with one attached hydrogen (secondary N) is 1. The highest BCUT2D eigenvalue weighted by Crippen LogP contribution is 2.24. The number of carbonyl (C=O) groups excluding carboxylic acids is 2. The summed E-state index contributed by atoms with van der Waals surface area (Å²) in [5, 5.41) is 5.10. The summed E-state index contributed by atoms with van der Waals surface area (Å²) in [5.41, 5.74) is 2.39. The first kappa shape index (κ1) is 18.3. The van der Waals surface area contributed by atoms with Gasteiger partial charge < -0.3 is 15.0 Å². The Labute approximate surface area is 166 Å². The van der Waals surface area contributed by atoms with Gasteiger partial charge in [-0.2, -0.15) is 0 Å². The van der Waals surface area contributed by atoms with Crippen LogP contribution in [0.1, 0.15) is 5.56 Å². The first-order chi connectivity index (χ1) is 13.7. The molecule has 0 saturated carbocycles. The first-order valence-electron chi connectivity index (χ1n) is 8.79. The van der Waals surface area contributed by atoms with Gasteiger partial charge in [-0.25, -0.2) is 4.98 Å². The molecular weight excluding hydrogens is 376 g/mol. The molecule has 8 heteroatoms. The SMILES string of the molecule is O=C(Nc1nc(-c2ccccn2)cs1)C1COCC(=O)N1Cc1ccccc1. The van der Waals surface area contributed by atoms with Gasteiger partial charge in [0.1, 0.15) is 18.3 Å². The van der Waals surface area contributed by atoms with E-state index >= 15 is 0 Å². The van der Waals surface area contributed by atoms with Crippen molar-refractivity contribution in [3.63, 3.8) is 0 Å². The number of anilines is 1. The minimum absolute atomic E-state index is 0.0162. The second kappa shape index (κ2) is 8.28. The molecular formula is C20H18N4O3S. The molecule has 0 spiro atoms. The average Bonchev–Trinajstić information content (AvgIpc) is 3.19. The van der Waals surface area contributed by atoms with Gasteiger partial charge in [0.05, 0.1) is 12.3 Å². The van der Waals surface area contributed by atoms with Crippen LogP contribution in [-0.4, -0.2) is 45.9 Å². The third kappa shape index (κ3) is 4.08. The maximum atomic E-state index is 12.8. The number of pyridine rings is 1. The van der Waals surface area contributed by atoms with E-state index in [0.29, 0.717) is 17.4 Å². The van der Waals surface area contributed by atoms with E-state index < -0.39 is 6.04 Å².